The molecule has 1 aromatic rings. The molecule has 0 spiro atoms. The average molecular weight is 271 g/mol. The van der Waals surface area contributed by atoms with Crippen LogP contribution in [-0.4, -0.2) is 15.5 Å². The van der Waals surface area contributed by atoms with Crippen molar-refractivity contribution in [2.45, 2.75) is 4.90 Å². The van der Waals surface area contributed by atoms with Crippen molar-refractivity contribution in [2.24, 2.45) is 0 Å². The largest absolute Gasteiger partial charge is 0.714 e. The summed E-state index contributed by atoms with van der Waals surface area (Å²) in [6.45, 7) is 0. The fourth-order valence-corrected chi connectivity index (χ4v) is 2.59. The normalized spacial score (nSPS) is 12.6. The summed E-state index contributed by atoms with van der Waals surface area (Å²) in [5, 5.41) is 0. The van der Waals surface area contributed by atoms with Gasteiger partial charge in [0.05, 0.1) is 7.11 Å². The second kappa shape index (κ2) is 4.92. The first-order chi connectivity index (χ1) is 7.36. The van der Waals surface area contributed by atoms with E-state index in [1.807, 2.05) is 0 Å². The minimum Gasteiger partial charge on any atom is -0.207 e. The van der Waals surface area contributed by atoms with E-state index < -0.39 is 34.9 Å². The van der Waals surface area contributed by atoms with E-state index in [2.05, 4.69) is 8.49 Å². The van der Waals surface area contributed by atoms with Gasteiger partial charge < -0.3 is 0 Å². The Morgan fingerprint density at radius 2 is 1.94 bits per heavy atom. The summed E-state index contributed by atoms with van der Waals surface area (Å²) >= 11 is 0. The van der Waals surface area contributed by atoms with Crippen molar-refractivity contribution in [1.29, 1.82) is 0 Å². The van der Waals surface area contributed by atoms with Crippen LogP contribution < -0.4 is 0 Å². The van der Waals surface area contributed by atoms with Crippen molar-refractivity contribution < 1.29 is 30.3 Å². The third kappa shape index (κ3) is 3.02. The Balaban J connectivity index is 3.17. The Labute approximate surface area is 91.1 Å². The van der Waals surface area contributed by atoms with Crippen LogP contribution in [0.1, 0.15) is 0 Å². The van der Waals surface area contributed by atoms with E-state index in [4.69, 9.17) is 0 Å². The molecule has 0 bridgehead atoms. The van der Waals surface area contributed by atoms with Gasteiger partial charge in [-0.25, -0.2) is 8.78 Å². The van der Waals surface area contributed by atoms with Gasteiger partial charge in [0.2, 0.25) is 0 Å². The smallest absolute Gasteiger partial charge is 0.207 e. The molecule has 16 heavy (non-hydrogen) atoms. The quantitative estimate of drug-likeness (QED) is 0.783. The van der Waals surface area contributed by atoms with E-state index in [1.165, 1.54) is 0 Å². The third-order valence-corrected chi connectivity index (χ3v) is 3.89. The highest BCUT2D eigenvalue weighted by Gasteiger charge is 2.33. The Bertz CT molecular complexity index is 516. The molecule has 0 aliphatic carbocycles. The molecule has 0 amide bonds. The molecule has 1 aromatic carbocycles. The van der Waals surface area contributed by atoms with Crippen LogP contribution in [0.3, 0.4) is 0 Å². The maximum absolute atomic E-state index is 13.1. The molecule has 0 aliphatic rings. The summed E-state index contributed by atoms with van der Waals surface area (Å²) < 4.78 is 67.1. The zero-order chi connectivity index (χ0) is 12.3. The first kappa shape index (κ1) is 13.1. The highest BCUT2D eigenvalue weighted by molar-refractivity contribution is 7.89. The van der Waals surface area contributed by atoms with Crippen LogP contribution in [0.4, 0.5) is 8.78 Å². The van der Waals surface area contributed by atoms with Crippen LogP contribution >= 0.6 is 8.25 Å². The molecule has 0 aromatic heterocycles. The molecule has 1 atom stereocenters. The molecular weight excluding hydrogens is 265 g/mol. The second-order valence-corrected chi connectivity index (χ2v) is 5.27. The van der Waals surface area contributed by atoms with E-state index in [0.29, 0.717) is 12.1 Å². The molecule has 88 valence electrons. The summed E-state index contributed by atoms with van der Waals surface area (Å²) in [6.07, 6.45) is 0. The zero-order valence-corrected chi connectivity index (χ0v) is 9.60. The predicted octanol–water partition coefficient (Wildman–Crippen LogP) is 1.97. The van der Waals surface area contributed by atoms with E-state index in [-0.39, 0.29) is 0 Å². The van der Waals surface area contributed by atoms with Gasteiger partial charge in [-0.1, -0.05) is 0 Å². The molecule has 5 nitrogen and oxygen atoms in total. The summed E-state index contributed by atoms with van der Waals surface area (Å²) in [6, 6.07) is 1.78. The van der Waals surface area contributed by atoms with Gasteiger partial charge in [0, 0.05) is 8.54 Å². The molecule has 0 saturated carbocycles. The zero-order valence-electron chi connectivity index (χ0n) is 7.88. The summed E-state index contributed by atoms with van der Waals surface area (Å²) in [4.78, 5) is -1.03. The lowest BCUT2D eigenvalue weighted by molar-refractivity contribution is 0.347. The minimum absolute atomic E-state index is 0.420. The lowest BCUT2D eigenvalue weighted by Gasteiger charge is -1.98. The van der Waals surface area contributed by atoms with Crippen molar-refractivity contribution in [3.8, 4) is 0 Å². The lowest BCUT2D eigenvalue weighted by Crippen LogP contribution is -2.05. The lowest BCUT2D eigenvalue weighted by atomic mass is 10.3. The van der Waals surface area contributed by atoms with Crippen LogP contribution in [0, 0.1) is 11.6 Å². The van der Waals surface area contributed by atoms with Gasteiger partial charge in [-0.15, -0.1) is 4.52 Å². The molecular formula is C7H6F2O5PS+. The highest BCUT2D eigenvalue weighted by atomic mass is 32.2. The average Bonchev–Trinajstić information content (AvgIpc) is 2.20. The van der Waals surface area contributed by atoms with Gasteiger partial charge in [0.15, 0.2) is 0 Å². The molecule has 0 radical (unpaired) electrons. The minimum atomic E-state index is -4.65. The van der Waals surface area contributed by atoms with Gasteiger partial charge in [-0.3, -0.25) is 0 Å². The van der Waals surface area contributed by atoms with E-state index in [0.717, 1.165) is 13.2 Å². The van der Waals surface area contributed by atoms with Gasteiger partial charge in [-0.2, -0.15) is 8.42 Å². The maximum atomic E-state index is 13.1. The van der Waals surface area contributed by atoms with Crippen LogP contribution in [0.5, 0.6) is 0 Å². The molecule has 0 aliphatic heterocycles. The van der Waals surface area contributed by atoms with Gasteiger partial charge in [0.1, 0.15) is 16.5 Å². The number of halogens is 2. The highest BCUT2D eigenvalue weighted by Crippen LogP contribution is 2.30. The summed E-state index contributed by atoms with van der Waals surface area (Å²) in [5.41, 5.74) is 0. The molecule has 0 fully saturated rings. The molecule has 9 heteroatoms. The maximum Gasteiger partial charge on any atom is 0.714 e. The monoisotopic (exact) mass is 271 g/mol. The van der Waals surface area contributed by atoms with Crippen LogP contribution in [-0.2, 0) is 23.2 Å². The predicted molar refractivity (Wildman–Crippen MR) is 49.2 cm³/mol. The Hall–Kier alpha value is -0.950. The number of benzene rings is 1. The second-order valence-electron chi connectivity index (χ2n) is 2.51. The van der Waals surface area contributed by atoms with Crippen molar-refractivity contribution in [3.63, 3.8) is 0 Å². The standard InChI is InChI=1S/C7H6F2O5PS/c1-13-15(10)14-16(11,12)7-4-5(8)2-3-6(7)9/h2-4H,1H3/q+1. The van der Waals surface area contributed by atoms with E-state index >= 15 is 0 Å². The SMILES string of the molecule is CO[P+](=O)OS(=O)(=O)c1cc(F)ccc1F. The molecule has 0 saturated heterocycles. The van der Waals surface area contributed by atoms with E-state index in [9.17, 15) is 21.8 Å². The van der Waals surface area contributed by atoms with E-state index in [1.54, 1.807) is 0 Å². The van der Waals surface area contributed by atoms with Crippen molar-refractivity contribution in [1.82, 2.24) is 0 Å². The van der Waals surface area contributed by atoms with Gasteiger partial charge in [0.25, 0.3) is 0 Å². The number of hydrogen-bond donors (Lipinski definition) is 0. The van der Waals surface area contributed by atoms with Crippen molar-refractivity contribution in [2.75, 3.05) is 7.11 Å². The van der Waals surface area contributed by atoms with Gasteiger partial charge >= 0.3 is 18.4 Å². The first-order valence-electron chi connectivity index (χ1n) is 3.78. The fraction of sp³-hybridized carbons (Fsp3) is 0.143. The Morgan fingerprint density at radius 1 is 1.31 bits per heavy atom. The molecule has 0 heterocycles. The molecule has 1 unspecified atom stereocenters. The van der Waals surface area contributed by atoms with Crippen LogP contribution in [0.15, 0.2) is 23.1 Å². The first-order valence-corrected chi connectivity index (χ1v) is 6.28. The van der Waals surface area contributed by atoms with Gasteiger partial charge in [-0.05, 0) is 18.2 Å². The molecule has 0 N–H and O–H groups in total. The summed E-state index contributed by atoms with van der Waals surface area (Å²) in [5.74, 6) is -2.17. The van der Waals surface area contributed by atoms with Crippen LogP contribution in [0.25, 0.3) is 0 Å². The number of rotatable bonds is 4. The fourth-order valence-electron chi connectivity index (χ4n) is 0.819. The third-order valence-electron chi connectivity index (χ3n) is 1.47. The number of hydrogen-bond acceptors (Lipinski definition) is 5. The summed E-state index contributed by atoms with van der Waals surface area (Å²) in [7, 11) is -6.65. The van der Waals surface area contributed by atoms with Crippen LogP contribution in [0.2, 0.25) is 0 Å². The Kier molecular flexibility index (Phi) is 4.03. The van der Waals surface area contributed by atoms with Crippen molar-refractivity contribution in [3.05, 3.63) is 29.8 Å². The molecule has 1 rings (SSSR count). The Morgan fingerprint density at radius 3 is 2.50 bits per heavy atom. The van der Waals surface area contributed by atoms with Crippen molar-refractivity contribution >= 4 is 18.4 Å². The topological polar surface area (TPSA) is 69.7 Å².